The Morgan fingerprint density at radius 2 is 2.32 bits per heavy atom. The zero-order valence-corrected chi connectivity index (χ0v) is 11.2. The monoisotopic (exact) mass is 291 g/mol. The number of nitrogens with one attached hydrogen (secondary N) is 1. The molecule has 1 aliphatic carbocycles. The second-order valence-corrected chi connectivity index (χ2v) is 6.03. The molecule has 1 aliphatic rings. The molecule has 1 fully saturated rings. The van der Waals surface area contributed by atoms with Gasteiger partial charge in [0.1, 0.15) is 10.6 Å². The van der Waals surface area contributed by atoms with Crippen LogP contribution in [0.2, 0.25) is 0 Å². The molecule has 1 aromatic heterocycles. The molecule has 0 radical (unpaired) electrons. The average Bonchev–Trinajstić information content (AvgIpc) is 3.04. The number of halogens is 2. The van der Waals surface area contributed by atoms with Crippen LogP contribution in [-0.4, -0.2) is 30.8 Å². The molecule has 0 aliphatic heterocycles. The third-order valence-electron chi connectivity index (χ3n) is 3.16. The van der Waals surface area contributed by atoms with E-state index in [-0.39, 0.29) is 22.6 Å². The van der Waals surface area contributed by atoms with Crippen molar-refractivity contribution in [3.05, 3.63) is 15.8 Å². The Balaban J connectivity index is 2.01. The molecule has 0 bridgehead atoms. The van der Waals surface area contributed by atoms with E-state index < -0.39 is 12.5 Å². The van der Waals surface area contributed by atoms with E-state index in [2.05, 4.69) is 10.1 Å². The van der Waals surface area contributed by atoms with E-state index in [4.69, 9.17) is 5.11 Å². The second-order valence-electron chi connectivity index (χ2n) is 4.77. The maximum Gasteiger partial charge on any atom is 0.387 e. The molecule has 4 nitrogen and oxygen atoms in total. The largest absolute Gasteiger partial charge is 0.433 e. The van der Waals surface area contributed by atoms with E-state index in [1.165, 1.54) is 6.07 Å². The first-order chi connectivity index (χ1) is 8.96. The maximum absolute atomic E-state index is 12.2. The molecular weight excluding hydrogens is 276 g/mol. The summed E-state index contributed by atoms with van der Waals surface area (Å²) in [6, 6.07) is 1.42. The smallest absolute Gasteiger partial charge is 0.387 e. The molecule has 0 aromatic carbocycles. The Labute approximate surface area is 113 Å². The van der Waals surface area contributed by atoms with E-state index in [9.17, 15) is 13.6 Å². The first-order valence-electron chi connectivity index (χ1n) is 5.90. The molecule has 19 heavy (non-hydrogen) atoms. The first-order valence-corrected chi connectivity index (χ1v) is 6.72. The van der Waals surface area contributed by atoms with Crippen molar-refractivity contribution < 1.29 is 23.4 Å². The van der Waals surface area contributed by atoms with Gasteiger partial charge in [-0.3, -0.25) is 4.79 Å². The number of rotatable bonds is 6. The van der Waals surface area contributed by atoms with E-state index in [1.54, 1.807) is 6.92 Å². The summed E-state index contributed by atoms with van der Waals surface area (Å²) in [5.41, 5.74) is -0.217. The number of aliphatic hydroxyl groups excluding tert-OH is 1. The molecule has 2 rings (SSSR count). The van der Waals surface area contributed by atoms with Crippen molar-refractivity contribution >= 4 is 17.2 Å². The van der Waals surface area contributed by atoms with E-state index in [1.807, 2.05) is 0 Å². The van der Waals surface area contributed by atoms with Crippen molar-refractivity contribution in [2.75, 3.05) is 13.2 Å². The Morgan fingerprint density at radius 3 is 2.84 bits per heavy atom. The van der Waals surface area contributed by atoms with Gasteiger partial charge in [0, 0.05) is 16.8 Å². The molecule has 1 amide bonds. The average molecular weight is 291 g/mol. The highest BCUT2D eigenvalue weighted by molar-refractivity contribution is 7.14. The quantitative estimate of drug-likeness (QED) is 0.844. The fourth-order valence-electron chi connectivity index (χ4n) is 1.75. The van der Waals surface area contributed by atoms with Crippen LogP contribution in [0.25, 0.3) is 0 Å². The number of hydrogen-bond acceptors (Lipinski definition) is 4. The van der Waals surface area contributed by atoms with Gasteiger partial charge in [0.25, 0.3) is 5.91 Å². The summed E-state index contributed by atoms with van der Waals surface area (Å²) >= 11 is 1.11. The summed E-state index contributed by atoms with van der Waals surface area (Å²) in [7, 11) is 0. The highest BCUT2D eigenvalue weighted by Crippen LogP contribution is 2.44. The van der Waals surface area contributed by atoms with Gasteiger partial charge in [0.05, 0.1) is 6.61 Å². The van der Waals surface area contributed by atoms with Crippen LogP contribution in [0.3, 0.4) is 0 Å². The lowest BCUT2D eigenvalue weighted by Gasteiger charge is -2.12. The number of aryl methyl sites for hydroxylation is 1. The molecule has 0 spiro atoms. The zero-order chi connectivity index (χ0) is 14.0. The van der Waals surface area contributed by atoms with Gasteiger partial charge in [-0.2, -0.15) is 8.78 Å². The van der Waals surface area contributed by atoms with Gasteiger partial charge >= 0.3 is 6.61 Å². The Morgan fingerprint density at radius 1 is 1.63 bits per heavy atom. The maximum atomic E-state index is 12.2. The fourth-order valence-corrected chi connectivity index (χ4v) is 2.61. The summed E-state index contributed by atoms with van der Waals surface area (Å²) in [5.74, 6) is -0.530. The Bertz CT molecular complexity index is 472. The van der Waals surface area contributed by atoms with Crippen molar-refractivity contribution in [2.45, 2.75) is 26.4 Å². The molecule has 0 saturated heterocycles. The Kier molecular flexibility index (Phi) is 4.05. The van der Waals surface area contributed by atoms with Gasteiger partial charge in [0.2, 0.25) is 0 Å². The number of carbonyl (C=O) groups is 1. The van der Waals surface area contributed by atoms with Crippen LogP contribution in [0.4, 0.5) is 8.78 Å². The summed E-state index contributed by atoms with van der Waals surface area (Å²) < 4.78 is 28.8. The minimum atomic E-state index is -2.95. The highest BCUT2D eigenvalue weighted by atomic mass is 32.1. The number of thiophene rings is 1. The van der Waals surface area contributed by atoms with Crippen LogP contribution in [0.5, 0.6) is 5.75 Å². The summed E-state index contributed by atoms with van der Waals surface area (Å²) in [6.07, 6.45) is 1.74. The van der Waals surface area contributed by atoms with Crippen molar-refractivity contribution in [3.63, 3.8) is 0 Å². The fraction of sp³-hybridized carbons (Fsp3) is 0.583. The van der Waals surface area contributed by atoms with E-state index >= 15 is 0 Å². The van der Waals surface area contributed by atoms with Crippen LogP contribution >= 0.6 is 11.3 Å². The van der Waals surface area contributed by atoms with Crippen LogP contribution in [-0.2, 0) is 0 Å². The summed E-state index contributed by atoms with van der Waals surface area (Å²) in [4.78, 5) is 12.8. The number of alkyl halides is 2. The summed E-state index contributed by atoms with van der Waals surface area (Å²) in [5, 5.41) is 11.8. The molecule has 2 N–H and O–H groups in total. The minimum Gasteiger partial charge on any atom is -0.433 e. The van der Waals surface area contributed by atoms with Gasteiger partial charge < -0.3 is 15.2 Å². The normalized spacial score (nSPS) is 16.5. The topological polar surface area (TPSA) is 58.6 Å². The number of carbonyl (C=O) groups excluding carboxylic acids is 1. The molecule has 1 heterocycles. The van der Waals surface area contributed by atoms with E-state index in [0.717, 1.165) is 29.1 Å². The lowest BCUT2D eigenvalue weighted by Crippen LogP contribution is -2.31. The van der Waals surface area contributed by atoms with Gasteiger partial charge in [-0.15, -0.1) is 11.3 Å². The molecule has 0 atom stereocenters. The van der Waals surface area contributed by atoms with Crippen molar-refractivity contribution in [3.8, 4) is 5.75 Å². The van der Waals surface area contributed by atoms with Crippen LogP contribution < -0.4 is 10.1 Å². The predicted molar refractivity (Wildman–Crippen MR) is 66.8 cm³/mol. The van der Waals surface area contributed by atoms with Crippen LogP contribution in [0.1, 0.15) is 27.4 Å². The zero-order valence-electron chi connectivity index (χ0n) is 10.4. The van der Waals surface area contributed by atoms with Crippen molar-refractivity contribution in [2.24, 2.45) is 5.41 Å². The van der Waals surface area contributed by atoms with Gasteiger partial charge in [-0.1, -0.05) is 0 Å². The molecular formula is C12H15F2NO3S. The van der Waals surface area contributed by atoms with Crippen LogP contribution in [0, 0.1) is 12.3 Å². The number of amides is 1. The summed E-state index contributed by atoms with van der Waals surface area (Å²) in [6.45, 7) is -0.854. The standard InChI is InChI=1S/C12H15F2NO3S/c1-7-4-8(18-11(13)14)9(19-7)10(17)15-5-12(6-16)2-3-12/h4,11,16H,2-3,5-6H2,1H3,(H,15,17). The molecule has 7 heteroatoms. The Hall–Kier alpha value is -1.21. The molecule has 106 valence electrons. The first kappa shape index (κ1) is 14.2. The van der Waals surface area contributed by atoms with Gasteiger partial charge in [-0.05, 0) is 25.8 Å². The van der Waals surface area contributed by atoms with Crippen LogP contribution in [0.15, 0.2) is 6.07 Å². The van der Waals surface area contributed by atoms with Crippen molar-refractivity contribution in [1.82, 2.24) is 5.32 Å². The second kappa shape index (κ2) is 5.42. The molecule has 1 aromatic rings. The van der Waals surface area contributed by atoms with Crippen molar-refractivity contribution in [1.29, 1.82) is 0 Å². The number of aliphatic hydroxyl groups is 1. The molecule has 0 unspecified atom stereocenters. The van der Waals surface area contributed by atoms with Gasteiger partial charge in [0.15, 0.2) is 0 Å². The van der Waals surface area contributed by atoms with Gasteiger partial charge in [-0.25, -0.2) is 0 Å². The third kappa shape index (κ3) is 3.42. The number of ether oxygens (including phenoxy) is 1. The number of hydrogen-bond donors (Lipinski definition) is 2. The SMILES string of the molecule is Cc1cc(OC(F)F)c(C(=O)NCC2(CO)CC2)s1. The third-order valence-corrected chi connectivity index (χ3v) is 4.19. The lowest BCUT2D eigenvalue weighted by atomic mass is 10.1. The predicted octanol–water partition coefficient (Wildman–Crippen LogP) is 2.16. The van der Waals surface area contributed by atoms with E-state index in [0.29, 0.717) is 6.54 Å². The lowest BCUT2D eigenvalue weighted by molar-refractivity contribution is -0.0498. The highest BCUT2D eigenvalue weighted by Gasteiger charge is 2.42. The molecule has 1 saturated carbocycles. The minimum absolute atomic E-state index is 0.0249.